The van der Waals surface area contributed by atoms with Crippen LogP contribution in [0.15, 0.2) is 66.7 Å². The van der Waals surface area contributed by atoms with Crippen molar-refractivity contribution in [1.29, 1.82) is 0 Å². The number of benzene rings is 3. The summed E-state index contributed by atoms with van der Waals surface area (Å²) < 4.78 is 5.31. The Morgan fingerprint density at radius 2 is 1.71 bits per heavy atom. The van der Waals surface area contributed by atoms with Crippen molar-refractivity contribution in [2.75, 3.05) is 7.11 Å². The number of para-hydroxylation sites is 1. The first-order valence-corrected chi connectivity index (χ1v) is 8.08. The van der Waals surface area contributed by atoms with E-state index in [-0.39, 0.29) is 11.9 Å². The number of carbonyl (C=O) groups is 1. The van der Waals surface area contributed by atoms with E-state index in [4.69, 9.17) is 4.74 Å². The molecule has 0 spiro atoms. The van der Waals surface area contributed by atoms with E-state index in [1.807, 2.05) is 49.4 Å². The van der Waals surface area contributed by atoms with Crippen molar-refractivity contribution < 1.29 is 9.53 Å². The van der Waals surface area contributed by atoms with Crippen molar-refractivity contribution in [2.24, 2.45) is 0 Å². The van der Waals surface area contributed by atoms with Gasteiger partial charge in [0.25, 0.3) is 0 Å². The van der Waals surface area contributed by atoms with Gasteiger partial charge in [-0.25, -0.2) is 0 Å². The number of fused-ring (bicyclic) bond motifs is 1. The van der Waals surface area contributed by atoms with Crippen LogP contribution in [0, 0.1) is 0 Å². The zero-order valence-electron chi connectivity index (χ0n) is 14.0. The van der Waals surface area contributed by atoms with Crippen LogP contribution in [0.1, 0.15) is 24.1 Å². The fraction of sp³-hybridized carbons (Fsp3) is 0.190. The predicted octanol–water partition coefficient (Wildman–Crippen LogP) is 4.27. The molecule has 3 rings (SSSR count). The Labute approximate surface area is 142 Å². The summed E-state index contributed by atoms with van der Waals surface area (Å²) in [7, 11) is 1.62. The molecule has 0 saturated heterocycles. The minimum Gasteiger partial charge on any atom is -0.496 e. The van der Waals surface area contributed by atoms with Gasteiger partial charge in [-0.1, -0.05) is 60.7 Å². The minimum absolute atomic E-state index is 0.0139. The van der Waals surface area contributed by atoms with Gasteiger partial charge in [0.05, 0.1) is 19.6 Å². The summed E-state index contributed by atoms with van der Waals surface area (Å²) in [6, 6.07) is 22.0. The van der Waals surface area contributed by atoms with Crippen LogP contribution in [0.5, 0.6) is 5.75 Å². The fourth-order valence-corrected chi connectivity index (χ4v) is 3.02. The number of rotatable bonds is 5. The summed E-state index contributed by atoms with van der Waals surface area (Å²) in [6.45, 7) is 2.02. The SMILES string of the molecule is COc1ccccc1CC(=O)NC(C)c1cccc2ccccc12. The Hall–Kier alpha value is -2.81. The van der Waals surface area contributed by atoms with E-state index in [1.54, 1.807) is 7.11 Å². The highest BCUT2D eigenvalue weighted by Gasteiger charge is 2.14. The molecule has 0 aromatic heterocycles. The molecule has 122 valence electrons. The number of hydrogen-bond donors (Lipinski definition) is 1. The van der Waals surface area contributed by atoms with E-state index in [0.29, 0.717) is 6.42 Å². The molecule has 3 aromatic carbocycles. The maximum absolute atomic E-state index is 12.4. The van der Waals surface area contributed by atoms with Gasteiger partial charge in [-0.15, -0.1) is 0 Å². The van der Waals surface area contributed by atoms with Gasteiger partial charge in [0, 0.05) is 5.56 Å². The van der Waals surface area contributed by atoms with E-state index in [1.165, 1.54) is 10.8 Å². The van der Waals surface area contributed by atoms with Gasteiger partial charge in [0.1, 0.15) is 5.75 Å². The Morgan fingerprint density at radius 3 is 2.54 bits per heavy atom. The summed E-state index contributed by atoms with van der Waals surface area (Å²) in [5.41, 5.74) is 2.02. The van der Waals surface area contributed by atoms with Crippen LogP contribution >= 0.6 is 0 Å². The summed E-state index contributed by atoms with van der Waals surface area (Å²) in [5.74, 6) is 0.727. The quantitative estimate of drug-likeness (QED) is 0.763. The maximum atomic E-state index is 12.4. The van der Waals surface area contributed by atoms with Crippen LogP contribution in [0.3, 0.4) is 0 Å². The normalized spacial score (nSPS) is 11.9. The highest BCUT2D eigenvalue weighted by Crippen LogP contribution is 2.24. The molecule has 0 heterocycles. The Kier molecular flexibility index (Phi) is 4.80. The molecule has 0 aliphatic carbocycles. The van der Waals surface area contributed by atoms with Crippen molar-refractivity contribution in [1.82, 2.24) is 5.32 Å². The monoisotopic (exact) mass is 319 g/mol. The summed E-state index contributed by atoms with van der Waals surface area (Å²) in [5, 5.41) is 5.45. The van der Waals surface area contributed by atoms with Gasteiger partial charge < -0.3 is 10.1 Å². The fourth-order valence-electron chi connectivity index (χ4n) is 3.02. The number of ether oxygens (including phenoxy) is 1. The van der Waals surface area contributed by atoms with Crippen LogP contribution in [0.4, 0.5) is 0 Å². The van der Waals surface area contributed by atoms with E-state index in [2.05, 4.69) is 29.6 Å². The minimum atomic E-state index is -0.0571. The standard InChI is InChI=1S/C21H21NO2/c1-15(18-12-7-10-16-8-3-5-11-19(16)18)22-21(23)14-17-9-4-6-13-20(17)24-2/h3-13,15H,14H2,1-2H3,(H,22,23). The molecule has 3 heteroatoms. The zero-order valence-corrected chi connectivity index (χ0v) is 14.0. The molecule has 24 heavy (non-hydrogen) atoms. The average molecular weight is 319 g/mol. The van der Waals surface area contributed by atoms with E-state index >= 15 is 0 Å². The molecule has 1 N–H and O–H groups in total. The van der Waals surface area contributed by atoms with Crippen LogP contribution in [0.25, 0.3) is 10.8 Å². The lowest BCUT2D eigenvalue weighted by atomic mass is 9.99. The number of methoxy groups -OCH3 is 1. The number of hydrogen-bond acceptors (Lipinski definition) is 2. The lowest BCUT2D eigenvalue weighted by Crippen LogP contribution is -2.28. The molecule has 0 aliphatic heterocycles. The van der Waals surface area contributed by atoms with Crippen molar-refractivity contribution in [3.05, 3.63) is 77.9 Å². The third-order valence-electron chi connectivity index (χ3n) is 4.21. The summed E-state index contributed by atoms with van der Waals surface area (Å²) >= 11 is 0. The molecule has 0 fully saturated rings. The first-order valence-electron chi connectivity index (χ1n) is 8.08. The molecule has 0 aliphatic rings. The first-order chi connectivity index (χ1) is 11.7. The molecule has 0 radical (unpaired) electrons. The number of amides is 1. The second-order valence-corrected chi connectivity index (χ2v) is 5.85. The lowest BCUT2D eigenvalue weighted by molar-refractivity contribution is -0.121. The second kappa shape index (κ2) is 7.18. The van der Waals surface area contributed by atoms with Gasteiger partial charge in [-0.2, -0.15) is 0 Å². The molecule has 3 aromatic rings. The van der Waals surface area contributed by atoms with Crippen molar-refractivity contribution in [3.8, 4) is 5.75 Å². The maximum Gasteiger partial charge on any atom is 0.225 e. The molecule has 0 bridgehead atoms. The van der Waals surface area contributed by atoms with E-state index < -0.39 is 0 Å². The van der Waals surface area contributed by atoms with Crippen molar-refractivity contribution in [2.45, 2.75) is 19.4 Å². The smallest absolute Gasteiger partial charge is 0.225 e. The topological polar surface area (TPSA) is 38.3 Å². The van der Waals surface area contributed by atoms with Crippen LogP contribution < -0.4 is 10.1 Å². The summed E-state index contributed by atoms with van der Waals surface area (Å²) in [4.78, 5) is 12.4. The molecule has 0 saturated carbocycles. The van der Waals surface area contributed by atoms with Crippen molar-refractivity contribution >= 4 is 16.7 Å². The molecular weight excluding hydrogens is 298 g/mol. The van der Waals surface area contributed by atoms with Gasteiger partial charge in [-0.3, -0.25) is 4.79 Å². The third-order valence-corrected chi connectivity index (χ3v) is 4.21. The number of carbonyl (C=O) groups excluding carboxylic acids is 1. The van der Waals surface area contributed by atoms with Crippen LogP contribution in [-0.4, -0.2) is 13.0 Å². The molecule has 1 amide bonds. The molecule has 3 nitrogen and oxygen atoms in total. The van der Waals surface area contributed by atoms with Gasteiger partial charge in [0.15, 0.2) is 0 Å². The van der Waals surface area contributed by atoms with Gasteiger partial charge >= 0.3 is 0 Å². The van der Waals surface area contributed by atoms with Crippen molar-refractivity contribution in [3.63, 3.8) is 0 Å². The Morgan fingerprint density at radius 1 is 1.00 bits per heavy atom. The van der Waals surface area contributed by atoms with E-state index in [9.17, 15) is 4.79 Å². The molecule has 1 atom stereocenters. The van der Waals surface area contributed by atoms with E-state index in [0.717, 1.165) is 16.9 Å². The summed E-state index contributed by atoms with van der Waals surface area (Å²) in [6.07, 6.45) is 0.305. The third kappa shape index (κ3) is 3.40. The molecular formula is C21H21NO2. The largest absolute Gasteiger partial charge is 0.496 e. The first kappa shape index (κ1) is 16.1. The Balaban J connectivity index is 1.76. The lowest BCUT2D eigenvalue weighted by Gasteiger charge is -2.17. The van der Waals surface area contributed by atoms with Gasteiger partial charge in [-0.05, 0) is 29.3 Å². The highest BCUT2D eigenvalue weighted by atomic mass is 16.5. The zero-order chi connectivity index (χ0) is 16.9. The average Bonchev–Trinajstić information content (AvgIpc) is 2.61. The van der Waals surface area contributed by atoms with Crippen LogP contribution in [-0.2, 0) is 11.2 Å². The Bertz CT molecular complexity index is 852. The van der Waals surface area contributed by atoms with Crippen LogP contribution in [0.2, 0.25) is 0 Å². The predicted molar refractivity (Wildman–Crippen MR) is 97.2 cm³/mol. The van der Waals surface area contributed by atoms with Gasteiger partial charge in [0.2, 0.25) is 5.91 Å². The molecule has 1 unspecified atom stereocenters. The highest BCUT2D eigenvalue weighted by molar-refractivity contribution is 5.87. The second-order valence-electron chi connectivity index (χ2n) is 5.85. The number of nitrogens with one attached hydrogen (secondary N) is 1.